The Labute approximate surface area is 130 Å². The molecule has 4 nitrogen and oxygen atoms in total. The van der Waals surface area contributed by atoms with Gasteiger partial charge in [-0.15, -0.1) is 0 Å². The molecule has 3 aromatic rings. The zero-order chi connectivity index (χ0) is 15.9. The summed E-state index contributed by atoms with van der Waals surface area (Å²) in [4.78, 5) is 16.1. The predicted molar refractivity (Wildman–Crippen MR) is 77.2 cm³/mol. The van der Waals surface area contributed by atoms with Crippen molar-refractivity contribution in [2.24, 2.45) is 0 Å². The van der Waals surface area contributed by atoms with Crippen LogP contribution in [0.3, 0.4) is 0 Å². The number of anilines is 1. The quantitative estimate of drug-likeness (QED) is 0.699. The number of nitrogens with zero attached hydrogens (tertiary/aromatic N) is 2. The van der Waals surface area contributed by atoms with Crippen molar-refractivity contribution in [1.29, 1.82) is 0 Å². The first-order valence-electron chi connectivity index (χ1n) is 6.04. The molecule has 0 saturated carbocycles. The molecule has 0 bridgehead atoms. The number of nitrogens with one attached hydrogen (secondary N) is 1. The summed E-state index contributed by atoms with van der Waals surface area (Å²) < 4.78 is 41.5. The number of rotatable bonds is 2. The van der Waals surface area contributed by atoms with Crippen molar-refractivity contribution in [2.45, 2.75) is 0 Å². The van der Waals surface area contributed by atoms with Crippen LogP contribution in [0, 0.1) is 17.5 Å². The fourth-order valence-corrected chi connectivity index (χ4v) is 2.25. The third-order valence-corrected chi connectivity index (χ3v) is 3.36. The Morgan fingerprint density at radius 2 is 1.82 bits per heavy atom. The number of aromatic nitrogens is 2. The van der Waals surface area contributed by atoms with Gasteiger partial charge in [-0.25, -0.2) is 18.2 Å². The third-order valence-electron chi connectivity index (χ3n) is 2.89. The Hall–Kier alpha value is -2.35. The van der Waals surface area contributed by atoms with Crippen molar-refractivity contribution < 1.29 is 18.0 Å². The topological polar surface area (TPSA) is 46.4 Å². The normalized spacial score (nSPS) is 10.9. The second-order valence-electron chi connectivity index (χ2n) is 4.45. The minimum Gasteiger partial charge on any atom is -0.320 e. The highest BCUT2D eigenvalue weighted by Crippen LogP contribution is 2.18. The van der Waals surface area contributed by atoms with E-state index in [-0.39, 0.29) is 11.4 Å². The van der Waals surface area contributed by atoms with Crippen LogP contribution in [0.25, 0.3) is 5.65 Å². The molecule has 1 amide bonds. The maximum absolute atomic E-state index is 13.1. The summed E-state index contributed by atoms with van der Waals surface area (Å²) in [5, 5.41) is 2.27. The lowest BCUT2D eigenvalue weighted by Gasteiger charge is -2.04. The van der Waals surface area contributed by atoms with Crippen molar-refractivity contribution in [3.05, 3.63) is 64.3 Å². The molecule has 0 atom stereocenters. The first kappa shape index (κ1) is 14.6. The Balaban J connectivity index is 1.90. The number of amides is 1. The average molecular weight is 370 g/mol. The van der Waals surface area contributed by atoms with E-state index >= 15 is 0 Å². The number of pyridine rings is 1. The van der Waals surface area contributed by atoms with Crippen LogP contribution in [0.4, 0.5) is 18.9 Å². The molecule has 1 aromatic carbocycles. The molecule has 22 heavy (non-hydrogen) atoms. The van der Waals surface area contributed by atoms with E-state index in [1.807, 2.05) is 0 Å². The highest BCUT2D eigenvalue weighted by Gasteiger charge is 2.15. The third kappa shape index (κ3) is 2.69. The maximum atomic E-state index is 13.1. The zero-order valence-corrected chi connectivity index (χ0v) is 12.4. The van der Waals surface area contributed by atoms with Crippen molar-refractivity contribution in [1.82, 2.24) is 9.38 Å². The zero-order valence-electron chi connectivity index (χ0n) is 10.8. The molecule has 0 saturated heterocycles. The number of hydrogen-bond acceptors (Lipinski definition) is 2. The number of carbonyl (C=O) groups is 1. The standard InChI is InChI=1S/C14H7BrF3N3O/c15-7-1-2-12-20-11(6-21(12)5-7)14(22)19-8-3-9(16)13(18)10(17)4-8/h1-6H,(H,19,22). The SMILES string of the molecule is O=C(Nc1cc(F)c(F)c(F)c1)c1cn2cc(Br)ccc2n1. The van der Waals surface area contributed by atoms with Gasteiger partial charge in [-0.2, -0.15) is 0 Å². The molecule has 8 heteroatoms. The summed E-state index contributed by atoms with van der Waals surface area (Å²) in [5.41, 5.74) is 0.396. The van der Waals surface area contributed by atoms with E-state index in [1.165, 1.54) is 6.20 Å². The van der Waals surface area contributed by atoms with Gasteiger partial charge in [0, 0.05) is 34.7 Å². The first-order chi connectivity index (χ1) is 10.4. The minimum absolute atomic E-state index is 0.0586. The molecule has 0 unspecified atom stereocenters. The molecule has 0 spiro atoms. The van der Waals surface area contributed by atoms with Crippen LogP contribution in [-0.2, 0) is 0 Å². The average Bonchev–Trinajstić information content (AvgIpc) is 2.87. The number of carbonyl (C=O) groups excluding carboxylic acids is 1. The Morgan fingerprint density at radius 1 is 1.14 bits per heavy atom. The fraction of sp³-hybridized carbons (Fsp3) is 0. The molecule has 0 fully saturated rings. The lowest BCUT2D eigenvalue weighted by molar-refractivity contribution is 0.102. The number of fused-ring (bicyclic) bond motifs is 1. The van der Waals surface area contributed by atoms with E-state index in [4.69, 9.17) is 0 Å². The highest BCUT2D eigenvalue weighted by atomic mass is 79.9. The van der Waals surface area contributed by atoms with Crippen LogP contribution in [0.15, 0.2) is 41.1 Å². The van der Waals surface area contributed by atoms with E-state index in [1.54, 1.807) is 22.7 Å². The molecule has 0 aliphatic rings. The van der Waals surface area contributed by atoms with E-state index in [0.29, 0.717) is 17.8 Å². The van der Waals surface area contributed by atoms with Crippen LogP contribution in [0.2, 0.25) is 0 Å². The van der Waals surface area contributed by atoms with Gasteiger partial charge >= 0.3 is 0 Å². The molecule has 112 valence electrons. The fourth-order valence-electron chi connectivity index (χ4n) is 1.90. The van der Waals surface area contributed by atoms with Crippen molar-refractivity contribution in [3.63, 3.8) is 0 Å². The minimum atomic E-state index is -1.59. The summed E-state index contributed by atoms with van der Waals surface area (Å²) >= 11 is 3.29. The largest absolute Gasteiger partial charge is 0.320 e. The molecular formula is C14H7BrF3N3O. The summed E-state index contributed by atoms with van der Waals surface area (Å²) in [7, 11) is 0. The summed E-state index contributed by atoms with van der Waals surface area (Å²) in [5.74, 6) is -5.01. The smallest absolute Gasteiger partial charge is 0.275 e. The van der Waals surface area contributed by atoms with Gasteiger partial charge in [-0.05, 0) is 28.1 Å². The Bertz CT molecular complexity index is 871. The molecule has 0 aliphatic heterocycles. The maximum Gasteiger partial charge on any atom is 0.275 e. The van der Waals surface area contributed by atoms with Gasteiger partial charge in [-0.3, -0.25) is 4.79 Å². The van der Waals surface area contributed by atoms with E-state index in [9.17, 15) is 18.0 Å². The van der Waals surface area contributed by atoms with Crippen LogP contribution in [0.1, 0.15) is 10.5 Å². The van der Waals surface area contributed by atoms with Crippen molar-refractivity contribution >= 4 is 33.2 Å². The Kier molecular flexibility index (Phi) is 3.61. The molecule has 2 heterocycles. The van der Waals surface area contributed by atoms with E-state index in [0.717, 1.165) is 4.47 Å². The molecule has 1 N–H and O–H groups in total. The molecule has 3 rings (SSSR count). The van der Waals surface area contributed by atoms with E-state index < -0.39 is 23.4 Å². The van der Waals surface area contributed by atoms with Gasteiger partial charge in [0.1, 0.15) is 11.3 Å². The number of halogens is 4. The number of benzene rings is 1. The van der Waals surface area contributed by atoms with Gasteiger partial charge in [0.25, 0.3) is 5.91 Å². The van der Waals surface area contributed by atoms with Crippen LogP contribution >= 0.6 is 15.9 Å². The highest BCUT2D eigenvalue weighted by molar-refractivity contribution is 9.10. The van der Waals surface area contributed by atoms with Crippen LogP contribution in [0.5, 0.6) is 0 Å². The van der Waals surface area contributed by atoms with Gasteiger partial charge in [-0.1, -0.05) is 0 Å². The monoisotopic (exact) mass is 369 g/mol. The lowest BCUT2D eigenvalue weighted by atomic mass is 10.2. The summed E-state index contributed by atoms with van der Waals surface area (Å²) in [6.07, 6.45) is 3.17. The molecule has 0 radical (unpaired) electrons. The summed E-state index contributed by atoms with van der Waals surface area (Å²) in [6, 6.07) is 4.85. The molecule has 2 aromatic heterocycles. The first-order valence-corrected chi connectivity index (χ1v) is 6.83. The molecular weight excluding hydrogens is 363 g/mol. The second kappa shape index (κ2) is 5.45. The predicted octanol–water partition coefficient (Wildman–Crippen LogP) is 3.77. The number of imidazole rings is 1. The molecule has 0 aliphatic carbocycles. The van der Waals surface area contributed by atoms with Crippen molar-refractivity contribution in [3.8, 4) is 0 Å². The van der Waals surface area contributed by atoms with Gasteiger partial charge < -0.3 is 9.72 Å². The van der Waals surface area contributed by atoms with Gasteiger partial charge in [0.05, 0.1) is 0 Å². The van der Waals surface area contributed by atoms with Crippen LogP contribution in [-0.4, -0.2) is 15.3 Å². The number of hydrogen-bond donors (Lipinski definition) is 1. The summed E-state index contributed by atoms with van der Waals surface area (Å²) in [6.45, 7) is 0. The Morgan fingerprint density at radius 3 is 2.50 bits per heavy atom. The van der Waals surface area contributed by atoms with Crippen LogP contribution < -0.4 is 5.32 Å². The second-order valence-corrected chi connectivity index (χ2v) is 5.36. The van der Waals surface area contributed by atoms with Gasteiger partial charge in [0.15, 0.2) is 17.5 Å². The van der Waals surface area contributed by atoms with E-state index in [2.05, 4.69) is 26.2 Å². The van der Waals surface area contributed by atoms with Gasteiger partial charge in [0.2, 0.25) is 0 Å². The lowest BCUT2D eigenvalue weighted by Crippen LogP contribution is -2.13. The van der Waals surface area contributed by atoms with Crippen molar-refractivity contribution in [2.75, 3.05) is 5.32 Å².